The van der Waals surface area contributed by atoms with E-state index in [0.29, 0.717) is 11.6 Å². The molecule has 1 unspecified atom stereocenters. The number of rotatable bonds is 3. The Hall–Kier alpha value is -1.51. The second-order valence-electron chi connectivity index (χ2n) is 6.21. The van der Waals surface area contributed by atoms with E-state index in [9.17, 15) is 0 Å². The van der Waals surface area contributed by atoms with Gasteiger partial charge in [-0.25, -0.2) is 0 Å². The standard InChI is InChI=1S/C18H19ClO2/c1-13-4-10-16(11-5-13)21-18(17(2,3)12-20-18)14-6-8-15(19)9-7-14/h4-11H,12H2,1-3H3. The molecule has 0 spiro atoms. The van der Waals surface area contributed by atoms with Crippen molar-refractivity contribution in [1.82, 2.24) is 0 Å². The summed E-state index contributed by atoms with van der Waals surface area (Å²) in [5.41, 5.74) is 2.09. The van der Waals surface area contributed by atoms with E-state index in [1.165, 1.54) is 5.56 Å². The highest BCUT2D eigenvalue weighted by Crippen LogP contribution is 2.52. The zero-order valence-electron chi connectivity index (χ0n) is 12.5. The highest BCUT2D eigenvalue weighted by molar-refractivity contribution is 6.30. The average Bonchev–Trinajstić information content (AvgIpc) is 2.46. The first-order valence-electron chi connectivity index (χ1n) is 7.09. The topological polar surface area (TPSA) is 18.5 Å². The molecule has 110 valence electrons. The molecular weight excluding hydrogens is 284 g/mol. The van der Waals surface area contributed by atoms with Crippen molar-refractivity contribution in [2.24, 2.45) is 5.41 Å². The zero-order valence-corrected chi connectivity index (χ0v) is 13.3. The molecule has 2 nitrogen and oxygen atoms in total. The van der Waals surface area contributed by atoms with Gasteiger partial charge in [0.1, 0.15) is 5.75 Å². The van der Waals surface area contributed by atoms with E-state index in [2.05, 4.69) is 20.8 Å². The number of hydrogen-bond donors (Lipinski definition) is 0. The van der Waals surface area contributed by atoms with Crippen LogP contribution >= 0.6 is 11.6 Å². The smallest absolute Gasteiger partial charge is 0.244 e. The molecule has 1 fully saturated rings. The molecule has 0 bridgehead atoms. The zero-order chi connectivity index (χ0) is 15.1. The fourth-order valence-electron chi connectivity index (χ4n) is 2.63. The van der Waals surface area contributed by atoms with Gasteiger partial charge in [0.25, 0.3) is 0 Å². The van der Waals surface area contributed by atoms with Crippen molar-refractivity contribution in [1.29, 1.82) is 0 Å². The van der Waals surface area contributed by atoms with Crippen LogP contribution in [0.5, 0.6) is 5.75 Å². The molecule has 2 aromatic carbocycles. The lowest BCUT2D eigenvalue weighted by molar-refractivity contribution is -0.360. The monoisotopic (exact) mass is 302 g/mol. The second-order valence-corrected chi connectivity index (χ2v) is 6.65. The van der Waals surface area contributed by atoms with E-state index in [1.807, 2.05) is 48.5 Å². The Kier molecular flexibility index (Phi) is 3.46. The van der Waals surface area contributed by atoms with Crippen LogP contribution in [0.1, 0.15) is 25.0 Å². The molecule has 0 amide bonds. The summed E-state index contributed by atoms with van der Waals surface area (Å²) in [7, 11) is 0. The van der Waals surface area contributed by atoms with Crippen molar-refractivity contribution >= 4 is 11.6 Å². The Bertz CT molecular complexity index is 631. The van der Waals surface area contributed by atoms with Crippen LogP contribution in [-0.4, -0.2) is 6.61 Å². The molecule has 0 radical (unpaired) electrons. The third-order valence-electron chi connectivity index (χ3n) is 4.03. The minimum absolute atomic E-state index is 0.105. The van der Waals surface area contributed by atoms with Crippen LogP contribution in [0.3, 0.4) is 0 Å². The van der Waals surface area contributed by atoms with E-state index in [0.717, 1.165) is 11.3 Å². The Labute approximate surface area is 130 Å². The molecule has 0 aliphatic carbocycles. The SMILES string of the molecule is Cc1ccc(OC2(c3ccc(Cl)cc3)OCC2(C)C)cc1. The van der Waals surface area contributed by atoms with Crippen LogP contribution in [0.25, 0.3) is 0 Å². The van der Waals surface area contributed by atoms with E-state index in [-0.39, 0.29) is 5.41 Å². The fraction of sp³-hybridized carbons (Fsp3) is 0.333. The fourth-order valence-corrected chi connectivity index (χ4v) is 2.76. The summed E-state index contributed by atoms with van der Waals surface area (Å²) in [6.45, 7) is 7.03. The van der Waals surface area contributed by atoms with Gasteiger partial charge in [0.15, 0.2) is 0 Å². The van der Waals surface area contributed by atoms with Crippen LogP contribution in [0.4, 0.5) is 0 Å². The Balaban J connectivity index is 1.98. The maximum Gasteiger partial charge on any atom is 0.244 e. The van der Waals surface area contributed by atoms with Crippen molar-refractivity contribution in [3.05, 3.63) is 64.7 Å². The predicted octanol–water partition coefficient (Wildman–Crippen LogP) is 4.94. The van der Waals surface area contributed by atoms with Gasteiger partial charge >= 0.3 is 0 Å². The van der Waals surface area contributed by atoms with Gasteiger partial charge in [-0.3, -0.25) is 0 Å². The molecule has 3 heteroatoms. The molecule has 1 aliphatic heterocycles. The third kappa shape index (κ3) is 2.43. The molecule has 1 saturated heterocycles. The average molecular weight is 303 g/mol. The Morgan fingerprint density at radius 3 is 2.10 bits per heavy atom. The summed E-state index contributed by atoms with van der Waals surface area (Å²) in [6, 6.07) is 15.7. The minimum Gasteiger partial charge on any atom is -0.457 e. The minimum atomic E-state index is -0.757. The summed E-state index contributed by atoms with van der Waals surface area (Å²) in [5.74, 6) is 0.0515. The third-order valence-corrected chi connectivity index (χ3v) is 4.29. The van der Waals surface area contributed by atoms with Gasteiger partial charge in [0, 0.05) is 10.6 Å². The highest BCUT2D eigenvalue weighted by atomic mass is 35.5. The normalized spacial score (nSPS) is 23.4. The van der Waals surface area contributed by atoms with E-state index >= 15 is 0 Å². The summed E-state index contributed by atoms with van der Waals surface area (Å²) in [5, 5.41) is 0.710. The van der Waals surface area contributed by atoms with Crippen LogP contribution < -0.4 is 4.74 Å². The lowest BCUT2D eigenvalue weighted by Crippen LogP contribution is -2.61. The van der Waals surface area contributed by atoms with Gasteiger partial charge < -0.3 is 9.47 Å². The molecule has 21 heavy (non-hydrogen) atoms. The molecule has 3 rings (SSSR count). The van der Waals surface area contributed by atoms with E-state index in [4.69, 9.17) is 21.1 Å². The number of ether oxygens (including phenoxy) is 2. The molecule has 0 N–H and O–H groups in total. The molecule has 2 aromatic rings. The number of benzene rings is 2. The molecule has 0 aromatic heterocycles. The molecule has 0 saturated carbocycles. The van der Waals surface area contributed by atoms with Crippen molar-refractivity contribution in [2.75, 3.05) is 6.61 Å². The number of halogens is 1. The predicted molar refractivity (Wildman–Crippen MR) is 84.7 cm³/mol. The van der Waals surface area contributed by atoms with Gasteiger partial charge in [-0.15, -0.1) is 0 Å². The van der Waals surface area contributed by atoms with Crippen LogP contribution in [0.2, 0.25) is 5.02 Å². The number of hydrogen-bond acceptors (Lipinski definition) is 2. The van der Waals surface area contributed by atoms with Gasteiger partial charge in [0.05, 0.1) is 12.0 Å². The molecule has 1 atom stereocenters. The first kappa shape index (κ1) is 14.4. The van der Waals surface area contributed by atoms with Gasteiger partial charge in [0.2, 0.25) is 5.79 Å². The van der Waals surface area contributed by atoms with Gasteiger partial charge in [-0.05, 0) is 31.2 Å². The summed E-state index contributed by atoms with van der Waals surface area (Å²) in [6.07, 6.45) is 0. The summed E-state index contributed by atoms with van der Waals surface area (Å²) in [4.78, 5) is 0. The maximum atomic E-state index is 6.27. The van der Waals surface area contributed by atoms with Crippen molar-refractivity contribution in [3.8, 4) is 5.75 Å². The van der Waals surface area contributed by atoms with Crippen LogP contribution in [0, 0.1) is 12.3 Å². The number of aryl methyl sites for hydroxylation is 1. The van der Waals surface area contributed by atoms with Gasteiger partial charge in [-0.2, -0.15) is 0 Å². The summed E-state index contributed by atoms with van der Waals surface area (Å²) >= 11 is 5.99. The highest BCUT2D eigenvalue weighted by Gasteiger charge is 2.59. The lowest BCUT2D eigenvalue weighted by Gasteiger charge is -2.54. The Morgan fingerprint density at radius 1 is 1.00 bits per heavy atom. The molecular formula is C18H19ClO2. The Morgan fingerprint density at radius 2 is 1.62 bits per heavy atom. The first-order chi connectivity index (χ1) is 9.93. The largest absolute Gasteiger partial charge is 0.457 e. The summed E-state index contributed by atoms with van der Waals surface area (Å²) < 4.78 is 12.2. The first-order valence-corrected chi connectivity index (χ1v) is 7.46. The van der Waals surface area contributed by atoms with Crippen molar-refractivity contribution in [3.63, 3.8) is 0 Å². The van der Waals surface area contributed by atoms with E-state index in [1.54, 1.807) is 0 Å². The van der Waals surface area contributed by atoms with Crippen LogP contribution in [-0.2, 0) is 10.5 Å². The van der Waals surface area contributed by atoms with Crippen molar-refractivity contribution in [2.45, 2.75) is 26.6 Å². The van der Waals surface area contributed by atoms with Crippen molar-refractivity contribution < 1.29 is 9.47 Å². The maximum absolute atomic E-state index is 6.27. The lowest BCUT2D eigenvalue weighted by atomic mass is 9.75. The molecule has 1 aliphatic rings. The van der Waals surface area contributed by atoms with Gasteiger partial charge in [-0.1, -0.05) is 55.3 Å². The van der Waals surface area contributed by atoms with E-state index < -0.39 is 5.79 Å². The van der Waals surface area contributed by atoms with Crippen LogP contribution in [0.15, 0.2) is 48.5 Å². The molecule has 1 heterocycles. The quantitative estimate of drug-likeness (QED) is 0.800. The second kappa shape index (κ2) is 5.04.